The lowest BCUT2D eigenvalue weighted by Gasteiger charge is -2.41. The van der Waals surface area contributed by atoms with E-state index in [1.54, 1.807) is 24.3 Å². The molecule has 1 aliphatic heterocycles. The monoisotopic (exact) mass is 590 g/mol. The van der Waals surface area contributed by atoms with Crippen molar-refractivity contribution in [1.29, 1.82) is 0 Å². The van der Waals surface area contributed by atoms with Gasteiger partial charge in [-0.05, 0) is 106 Å². The summed E-state index contributed by atoms with van der Waals surface area (Å²) in [6.45, 7) is 8.63. The minimum Gasteiger partial charge on any atom is -0.298 e. The SMILES string of the molecule is CC(C)(C)N1CCC(c2cc(-c3ccc(F)cc3Cl)c3ccc(=O)n(-c4c(Cl)cc(Cl)cc4Cl)c3c2)CC1. The van der Waals surface area contributed by atoms with E-state index in [4.69, 9.17) is 46.4 Å². The molecule has 0 spiro atoms. The Kier molecular flexibility index (Phi) is 7.58. The largest absolute Gasteiger partial charge is 0.298 e. The predicted octanol–water partition coefficient (Wildman–Crippen LogP) is 9.39. The molecule has 0 N–H and O–H groups in total. The van der Waals surface area contributed by atoms with E-state index in [1.807, 2.05) is 0 Å². The lowest BCUT2D eigenvalue weighted by molar-refractivity contribution is 0.102. The zero-order chi connectivity index (χ0) is 27.4. The van der Waals surface area contributed by atoms with Crippen molar-refractivity contribution in [3.8, 4) is 16.8 Å². The van der Waals surface area contributed by atoms with Gasteiger partial charge in [0.15, 0.2) is 0 Å². The van der Waals surface area contributed by atoms with E-state index < -0.39 is 5.82 Å². The van der Waals surface area contributed by atoms with Crippen LogP contribution < -0.4 is 5.56 Å². The van der Waals surface area contributed by atoms with Crippen molar-refractivity contribution in [2.24, 2.45) is 0 Å². The van der Waals surface area contributed by atoms with Crippen LogP contribution in [0.3, 0.4) is 0 Å². The number of fused-ring (bicyclic) bond motifs is 1. The van der Waals surface area contributed by atoms with Gasteiger partial charge in [0, 0.05) is 27.6 Å². The third kappa shape index (κ3) is 5.22. The molecule has 198 valence electrons. The Morgan fingerprint density at radius 2 is 1.47 bits per heavy atom. The van der Waals surface area contributed by atoms with Crippen LogP contribution in [0, 0.1) is 5.82 Å². The first kappa shape index (κ1) is 27.5. The number of piperidine rings is 1. The van der Waals surface area contributed by atoms with E-state index in [2.05, 4.69) is 37.8 Å². The van der Waals surface area contributed by atoms with Gasteiger partial charge in [-0.15, -0.1) is 0 Å². The first-order valence-electron chi connectivity index (χ1n) is 12.5. The fourth-order valence-electron chi connectivity index (χ4n) is 5.40. The van der Waals surface area contributed by atoms with Crippen LogP contribution in [0.15, 0.2) is 59.4 Å². The predicted molar refractivity (Wildman–Crippen MR) is 158 cm³/mol. The summed E-state index contributed by atoms with van der Waals surface area (Å²) < 4.78 is 15.5. The van der Waals surface area contributed by atoms with Gasteiger partial charge in [-0.25, -0.2) is 4.39 Å². The number of rotatable bonds is 3. The first-order valence-corrected chi connectivity index (χ1v) is 14.0. The maximum atomic E-state index is 14.0. The number of likely N-dealkylation sites (tertiary alicyclic amines) is 1. The van der Waals surface area contributed by atoms with Gasteiger partial charge >= 0.3 is 0 Å². The summed E-state index contributed by atoms with van der Waals surface area (Å²) in [6.07, 6.45) is 1.94. The molecule has 1 aromatic heterocycles. The van der Waals surface area contributed by atoms with E-state index >= 15 is 0 Å². The van der Waals surface area contributed by atoms with Crippen LogP contribution in [0.5, 0.6) is 0 Å². The van der Waals surface area contributed by atoms with Gasteiger partial charge in [-0.2, -0.15) is 0 Å². The number of pyridine rings is 1. The van der Waals surface area contributed by atoms with Gasteiger partial charge in [0.05, 0.1) is 26.3 Å². The highest BCUT2D eigenvalue weighted by Gasteiger charge is 2.29. The molecule has 0 atom stereocenters. The van der Waals surface area contributed by atoms with Gasteiger partial charge in [0.2, 0.25) is 0 Å². The van der Waals surface area contributed by atoms with Crippen molar-refractivity contribution in [2.75, 3.05) is 13.1 Å². The van der Waals surface area contributed by atoms with Crippen LogP contribution in [0.25, 0.3) is 27.7 Å². The van der Waals surface area contributed by atoms with Crippen LogP contribution >= 0.6 is 46.4 Å². The summed E-state index contributed by atoms with van der Waals surface area (Å²) in [5, 5.41) is 1.98. The zero-order valence-electron chi connectivity index (χ0n) is 21.3. The Morgan fingerprint density at radius 1 is 0.816 bits per heavy atom. The van der Waals surface area contributed by atoms with Crippen molar-refractivity contribution in [3.05, 3.63) is 96.4 Å². The average molecular weight is 592 g/mol. The zero-order valence-corrected chi connectivity index (χ0v) is 24.3. The van der Waals surface area contributed by atoms with Gasteiger partial charge in [0.25, 0.3) is 5.56 Å². The third-order valence-electron chi connectivity index (χ3n) is 7.38. The molecule has 38 heavy (non-hydrogen) atoms. The molecule has 0 radical (unpaired) electrons. The summed E-state index contributed by atoms with van der Waals surface area (Å²) in [6, 6.07) is 14.9. The number of benzene rings is 3. The maximum Gasteiger partial charge on any atom is 0.255 e. The fourth-order valence-corrected chi connectivity index (χ4v) is 6.65. The van der Waals surface area contributed by atoms with E-state index in [9.17, 15) is 9.18 Å². The minimum absolute atomic E-state index is 0.101. The quantitative estimate of drug-likeness (QED) is 0.237. The Morgan fingerprint density at radius 3 is 2.08 bits per heavy atom. The van der Waals surface area contributed by atoms with Gasteiger partial charge in [0.1, 0.15) is 5.82 Å². The summed E-state index contributed by atoms with van der Waals surface area (Å²) >= 11 is 25.9. The number of hydrogen-bond donors (Lipinski definition) is 0. The number of aromatic nitrogens is 1. The summed E-state index contributed by atoms with van der Waals surface area (Å²) in [7, 11) is 0. The number of hydrogen-bond acceptors (Lipinski definition) is 2. The van der Waals surface area contributed by atoms with Crippen molar-refractivity contribution >= 4 is 57.3 Å². The maximum absolute atomic E-state index is 14.0. The smallest absolute Gasteiger partial charge is 0.255 e. The normalized spacial score (nSPS) is 15.4. The van der Waals surface area contributed by atoms with E-state index in [1.165, 1.54) is 22.8 Å². The van der Waals surface area contributed by atoms with Crippen LogP contribution in [-0.4, -0.2) is 28.1 Å². The molecule has 1 aliphatic rings. The van der Waals surface area contributed by atoms with Crippen molar-refractivity contribution in [1.82, 2.24) is 9.47 Å². The topological polar surface area (TPSA) is 25.2 Å². The molecule has 4 aromatic rings. The number of halogens is 5. The molecule has 1 saturated heterocycles. The van der Waals surface area contributed by atoms with Gasteiger partial charge < -0.3 is 0 Å². The molecule has 2 heterocycles. The Balaban J connectivity index is 1.77. The van der Waals surface area contributed by atoms with Gasteiger partial charge in [-0.3, -0.25) is 14.3 Å². The number of nitrogens with zero attached hydrogens (tertiary/aromatic N) is 2. The van der Waals surface area contributed by atoms with Gasteiger partial charge in [-0.1, -0.05) is 52.5 Å². The van der Waals surface area contributed by atoms with Crippen LogP contribution in [-0.2, 0) is 0 Å². The summed E-state index contributed by atoms with van der Waals surface area (Å²) in [5.74, 6) is -0.138. The molecule has 5 rings (SSSR count). The lowest BCUT2D eigenvalue weighted by atomic mass is 9.85. The second kappa shape index (κ2) is 10.5. The first-order chi connectivity index (χ1) is 17.9. The highest BCUT2D eigenvalue weighted by atomic mass is 35.5. The summed E-state index contributed by atoms with van der Waals surface area (Å²) in [5.41, 5.74) is 3.42. The van der Waals surface area contributed by atoms with Crippen LogP contribution in [0.2, 0.25) is 20.1 Å². The van der Waals surface area contributed by atoms with Crippen LogP contribution in [0.4, 0.5) is 4.39 Å². The van der Waals surface area contributed by atoms with E-state index in [0.717, 1.165) is 42.4 Å². The molecule has 3 aromatic carbocycles. The molecule has 0 amide bonds. The molecule has 0 unspecified atom stereocenters. The Hall–Kier alpha value is -2.08. The molecule has 8 heteroatoms. The second-order valence-corrected chi connectivity index (χ2v) is 12.4. The van der Waals surface area contributed by atoms with Crippen molar-refractivity contribution < 1.29 is 4.39 Å². The molecule has 0 bridgehead atoms. The van der Waals surface area contributed by atoms with Crippen molar-refractivity contribution in [2.45, 2.75) is 45.1 Å². The molecule has 3 nitrogen and oxygen atoms in total. The highest BCUT2D eigenvalue weighted by molar-refractivity contribution is 6.40. The summed E-state index contributed by atoms with van der Waals surface area (Å²) in [4.78, 5) is 15.8. The standard InChI is InChI=1S/C30H27Cl4FN2O/c1-30(2,3)36-10-8-17(9-11-36)18-12-23(21-5-4-20(35)16-24(21)32)22-6-7-28(38)37(27(22)13-18)29-25(33)14-19(31)15-26(29)34/h4-7,12-17H,8-11H2,1-3H3. The fraction of sp³-hybridized carbons (Fsp3) is 0.300. The molecule has 0 saturated carbocycles. The van der Waals surface area contributed by atoms with E-state index in [-0.39, 0.29) is 27.1 Å². The molecule has 0 aliphatic carbocycles. The lowest BCUT2D eigenvalue weighted by Crippen LogP contribution is -2.45. The minimum atomic E-state index is -0.412. The van der Waals surface area contributed by atoms with E-state index in [0.29, 0.717) is 26.8 Å². The van der Waals surface area contributed by atoms with Crippen molar-refractivity contribution in [3.63, 3.8) is 0 Å². The third-order valence-corrected chi connectivity index (χ3v) is 8.48. The Bertz CT molecular complexity index is 1580. The second-order valence-electron chi connectivity index (χ2n) is 10.8. The molecular weight excluding hydrogens is 565 g/mol. The Labute approximate surface area is 241 Å². The molecular formula is C30H27Cl4FN2O. The molecule has 1 fully saturated rings. The van der Waals surface area contributed by atoms with Crippen LogP contribution in [0.1, 0.15) is 45.1 Å². The highest BCUT2D eigenvalue weighted by Crippen LogP contribution is 2.41. The average Bonchev–Trinajstić information content (AvgIpc) is 2.84.